The number of benzene rings is 3. The highest BCUT2D eigenvalue weighted by Gasteiger charge is 2.30. The summed E-state index contributed by atoms with van der Waals surface area (Å²) >= 11 is 0. The van der Waals surface area contributed by atoms with E-state index in [2.05, 4.69) is 128 Å². The molecule has 0 heterocycles. The van der Waals surface area contributed by atoms with Gasteiger partial charge in [-0.25, -0.2) is 0 Å². The Morgan fingerprint density at radius 2 is 0.800 bits per heavy atom. The minimum atomic E-state index is -0.106. The predicted octanol–water partition coefficient (Wildman–Crippen LogP) is 8.50. The molecule has 3 rings (SSSR count). The standard InChI is InChI=1S/C29H37S/c1-21(2)22-9-15-25(16-10-22)30(26-17-11-23(12-18-26)28(3,4)5)27-19-13-24(14-20-27)29(6,7)8/h9-21H,1-8H3/q+1. The first-order chi connectivity index (χ1) is 14.0. The van der Waals surface area contributed by atoms with Gasteiger partial charge in [-0.1, -0.05) is 91.8 Å². The van der Waals surface area contributed by atoms with Gasteiger partial charge in [-0.15, -0.1) is 0 Å². The van der Waals surface area contributed by atoms with Crippen molar-refractivity contribution >= 4 is 10.9 Å². The smallest absolute Gasteiger partial charge is 0.0587 e. The Kier molecular flexibility index (Phi) is 6.53. The monoisotopic (exact) mass is 417 g/mol. The quantitative estimate of drug-likeness (QED) is 0.373. The normalized spacial score (nSPS) is 12.6. The molecule has 0 aliphatic carbocycles. The lowest BCUT2D eigenvalue weighted by Crippen LogP contribution is -2.13. The van der Waals surface area contributed by atoms with Gasteiger partial charge in [0.15, 0.2) is 14.7 Å². The second kappa shape index (κ2) is 8.63. The summed E-state index contributed by atoms with van der Waals surface area (Å²) in [5.41, 5.74) is 4.50. The Morgan fingerprint density at radius 3 is 1.07 bits per heavy atom. The minimum absolute atomic E-state index is 0.106. The van der Waals surface area contributed by atoms with Crippen LogP contribution in [0.3, 0.4) is 0 Å². The predicted molar refractivity (Wildman–Crippen MR) is 133 cm³/mol. The molecular formula is C29H37S+. The van der Waals surface area contributed by atoms with Crippen LogP contribution < -0.4 is 0 Å². The third-order valence-electron chi connectivity index (χ3n) is 5.69. The van der Waals surface area contributed by atoms with E-state index in [1.54, 1.807) is 0 Å². The van der Waals surface area contributed by atoms with Crippen LogP contribution in [0, 0.1) is 0 Å². The molecule has 0 N–H and O–H groups in total. The molecule has 0 saturated carbocycles. The van der Waals surface area contributed by atoms with Gasteiger partial charge in [-0.2, -0.15) is 0 Å². The molecule has 0 amide bonds. The van der Waals surface area contributed by atoms with Crippen molar-refractivity contribution in [2.24, 2.45) is 0 Å². The fourth-order valence-corrected chi connectivity index (χ4v) is 5.62. The van der Waals surface area contributed by atoms with E-state index in [0.29, 0.717) is 5.92 Å². The first-order valence-electron chi connectivity index (χ1n) is 11.0. The highest BCUT2D eigenvalue weighted by molar-refractivity contribution is 7.97. The molecule has 0 radical (unpaired) electrons. The van der Waals surface area contributed by atoms with Gasteiger partial charge in [0.05, 0.1) is 10.9 Å². The van der Waals surface area contributed by atoms with E-state index < -0.39 is 0 Å². The van der Waals surface area contributed by atoms with Crippen LogP contribution in [-0.2, 0) is 21.7 Å². The van der Waals surface area contributed by atoms with Gasteiger partial charge < -0.3 is 0 Å². The van der Waals surface area contributed by atoms with Gasteiger partial charge in [0.1, 0.15) is 0 Å². The molecule has 0 aromatic heterocycles. The zero-order valence-electron chi connectivity index (χ0n) is 19.9. The number of hydrogen-bond donors (Lipinski definition) is 0. The van der Waals surface area contributed by atoms with Crippen LogP contribution in [-0.4, -0.2) is 0 Å². The second-order valence-electron chi connectivity index (χ2n) is 10.6. The minimum Gasteiger partial charge on any atom is -0.0587 e. The third kappa shape index (κ3) is 5.19. The molecule has 0 unspecified atom stereocenters. The summed E-state index contributed by atoms with van der Waals surface area (Å²) < 4.78 is 0. The van der Waals surface area contributed by atoms with E-state index in [0.717, 1.165) is 0 Å². The van der Waals surface area contributed by atoms with Crippen molar-refractivity contribution in [2.45, 2.75) is 86.8 Å². The van der Waals surface area contributed by atoms with E-state index in [1.165, 1.54) is 31.4 Å². The molecule has 1 heteroatoms. The average Bonchev–Trinajstić information content (AvgIpc) is 2.68. The third-order valence-corrected chi connectivity index (χ3v) is 7.93. The highest BCUT2D eigenvalue weighted by atomic mass is 32.2. The lowest BCUT2D eigenvalue weighted by atomic mass is 9.87. The second-order valence-corrected chi connectivity index (χ2v) is 12.6. The van der Waals surface area contributed by atoms with Crippen LogP contribution in [0.15, 0.2) is 87.5 Å². The lowest BCUT2D eigenvalue weighted by molar-refractivity contribution is 0.589. The van der Waals surface area contributed by atoms with Crippen LogP contribution >= 0.6 is 0 Å². The van der Waals surface area contributed by atoms with E-state index in [1.807, 2.05) is 0 Å². The summed E-state index contributed by atoms with van der Waals surface area (Å²) in [5, 5.41) is 0. The van der Waals surface area contributed by atoms with E-state index in [-0.39, 0.29) is 21.7 Å². The summed E-state index contributed by atoms with van der Waals surface area (Å²) in [6.07, 6.45) is 0. The molecule has 0 nitrogen and oxygen atoms in total. The zero-order valence-corrected chi connectivity index (χ0v) is 20.7. The van der Waals surface area contributed by atoms with Crippen LogP contribution in [0.5, 0.6) is 0 Å². The van der Waals surface area contributed by atoms with Crippen molar-refractivity contribution in [1.29, 1.82) is 0 Å². The highest BCUT2D eigenvalue weighted by Crippen LogP contribution is 2.34. The molecule has 0 fully saturated rings. The van der Waals surface area contributed by atoms with Crippen LogP contribution in [0.4, 0.5) is 0 Å². The Labute approximate surface area is 187 Å². The lowest BCUT2D eigenvalue weighted by Gasteiger charge is -2.20. The maximum absolute atomic E-state index is 2.33. The fraction of sp³-hybridized carbons (Fsp3) is 0.379. The molecule has 3 aromatic rings. The summed E-state index contributed by atoms with van der Waals surface area (Å²) in [4.78, 5) is 4.14. The van der Waals surface area contributed by atoms with Crippen molar-refractivity contribution in [3.63, 3.8) is 0 Å². The molecule has 158 valence electrons. The molecule has 0 bridgehead atoms. The van der Waals surface area contributed by atoms with Crippen molar-refractivity contribution in [3.05, 3.63) is 89.5 Å². The van der Waals surface area contributed by atoms with E-state index in [4.69, 9.17) is 0 Å². The van der Waals surface area contributed by atoms with E-state index >= 15 is 0 Å². The summed E-state index contributed by atoms with van der Waals surface area (Å²) in [7, 11) is -0.106. The number of hydrogen-bond acceptors (Lipinski definition) is 0. The fourth-order valence-electron chi connectivity index (χ4n) is 3.58. The molecule has 0 atom stereocenters. The Hall–Kier alpha value is -1.99. The van der Waals surface area contributed by atoms with Gasteiger partial charge in [0.25, 0.3) is 0 Å². The molecular weight excluding hydrogens is 380 g/mol. The summed E-state index contributed by atoms with van der Waals surface area (Å²) in [6, 6.07) is 27.8. The Morgan fingerprint density at radius 1 is 0.500 bits per heavy atom. The van der Waals surface area contributed by atoms with Gasteiger partial charge in [-0.3, -0.25) is 0 Å². The molecule has 0 saturated heterocycles. The maximum Gasteiger partial charge on any atom is 0.166 e. The SMILES string of the molecule is CC(C)c1ccc([S+](c2ccc(C(C)(C)C)cc2)c2ccc(C(C)(C)C)cc2)cc1. The number of rotatable bonds is 4. The van der Waals surface area contributed by atoms with Crippen LogP contribution in [0.25, 0.3) is 0 Å². The van der Waals surface area contributed by atoms with Gasteiger partial charge in [-0.05, 0) is 69.8 Å². The maximum atomic E-state index is 2.33. The zero-order chi connectivity index (χ0) is 22.1. The molecule has 3 aromatic carbocycles. The van der Waals surface area contributed by atoms with E-state index in [9.17, 15) is 0 Å². The molecule has 0 spiro atoms. The largest absolute Gasteiger partial charge is 0.166 e. The van der Waals surface area contributed by atoms with Crippen molar-refractivity contribution in [2.75, 3.05) is 0 Å². The van der Waals surface area contributed by atoms with Crippen molar-refractivity contribution < 1.29 is 0 Å². The van der Waals surface area contributed by atoms with Crippen molar-refractivity contribution in [3.8, 4) is 0 Å². The van der Waals surface area contributed by atoms with Gasteiger partial charge in [0.2, 0.25) is 0 Å². The first-order valence-corrected chi connectivity index (χ1v) is 12.2. The topological polar surface area (TPSA) is 0 Å². The Bertz CT molecular complexity index is 890. The van der Waals surface area contributed by atoms with Crippen LogP contribution in [0.1, 0.15) is 78.0 Å². The van der Waals surface area contributed by atoms with Gasteiger partial charge >= 0.3 is 0 Å². The van der Waals surface area contributed by atoms with Crippen molar-refractivity contribution in [1.82, 2.24) is 0 Å². The van der Waals surface area contributed by atoms with Crippen LogP contribution in [0.2, 0.25) is 0 Å². The average molecular weight is 418 g/mol. The summed E-state index contributed by atoms with van der Waals surface area (Å²) in [5.74, 6) is 0.554. The Balaban J connectivity index is 2.07. The molecule has 30 heavy (non-hydrogen) atoms. The first kappa shape index (κ1) is 22.7. The summed E-state index contributed by atoms with van der Waals surface area (Å²) in [6.45, 7) is 18.2. The molecule has 0 aliphatic heterocycles. The van der Waals surface area contributed by atoms with Gasteiger partial charge in [0, 0.05) is 0 Å². The molecule has 0 aliphatic rings.